The van der Waals surface area contributed by atoms with E-state index in [2.05, 4.69) is 20.1 Å². The van der Waals surface area contributed by atoms with Crippen molar-refractivity contribution < 1.29 is 12.6 Å². The maximum atomic E-state index is 9.55. The van der Waals surface area contributed by atoms with Crippen molar-refractivity contribution in [2.75, 3.05) is 11.9 Å². The van der Waals surface area contributed by atoms with Crippen molar-refractivity contribution in [1.29, 1.82) is 0 Å². The second-order valence-corrected chi connectivity index (χ2v) is 2.24. The Morgan fingerprint density at radius 2 is 2.14 bits per heavy atom. The highest BCUT2D eigenvalue weighted by Gasteiger charge is 1.80. The number of hydrogen-bond acceptors (Lipinski definition) is 3. The van der Waals surface area contributed by atoms with Gasteiger partial charge in [-0.1, -0.05) is 15.9 Å². The lowest BCUT2D eigenvalue weighted by molar-refractivity contribution is 0.359. The molecule has 0 radical (unpaired) electrons. The summed E-state index contributed by atoms with van der Waals surface area (Å²) in [5, 5.41) is 0.552. The lowest BCUT2D eigenvalue weighted by Crippen LogP contribution is -1.90. The van der Waals surface area contributed by atoms with Crippen LogP contribution in [0.4, 0.5) is 0 Å². The van der Waals surface area contributed by atoms with Gasteiger partial charge in [0.2, 0.25) is 0 Å². The van der Waals surface area contributed by atoms with Crippen molar-refractivity contribution in [3.05, 3.63) is 0 Å². The molecule has 0 atom stereocenters. The van der Waals surface area contributed by atoms with Gasteiger partial charge in [-0.05, 0) is 0 Å². The van der Waals surface area contributed by atoms with Crippen LogP contribution in [0.1, 0.15) is 0 Å². The Bertz CT molecular complexity index is 91.1. The summed E-state index contributed by atoms with van der Waals surface area (Å²) in [6.07, 6.45) is 0. The fourth-order valence-electron chi connectivity index (χ4n) is 0.109. The molecule has 0 aliphatic carbocycles. The molecule has 7 heavy (non-hydrogen) atoms. The van der Waals surface area contributed by atoms with Crippen molar-refractivity contribution in [3.8, 4) is 0 Å². The van der Waals surface area contributed by atoms with Crippen LogP contribution in [0.3, 0.4) is 0 Å². The SMILES string of the molecule is O=[SH](=O)OCCBr. The highest BCUT2D eigenvalue weighted by molar-refractivity contribution is 9.09. The van der Waals surface area contributed by atoms with E-state index in [0.717, 1.165) is 0 Å². The van der Waals surface area contributed by atoms with Gasteiger partial charge in [-0.3, -0.25) is 4.18 Å². The predicted octanol–water partition coefficient (Wildman–Crippen LogP) is -0.0757. The topological polar surface area (TPSA) is 43.4 Å². The first-order chi connectivity index (χ1) is 3.27. The van der Waals surface area contributed by atoms with Gasteiger partial charge in [-0.25, -0.2) is 8.42 Å². The van der Waals surface area contributed by atoms with E-state index >= 15 is 0 Å². The molecule has 0 amide bonds. The molecule has 3 nitrogen and oxygen atoms in total. The molecule has 0 N–H and O–H groups in total. The van der Waals surface area contributed by atoms with Crippen LogP contribution in [0.25, 0.3) is 0 Å². The minimum Gasteiger partial charge on any atom is -0.271 e. The van der Waals surface area contributed by atoms with Gasteiger partial charge < -0.3 is 0 Å². The first-order valence-corrected chi connectivity index (χ1v) is 3.82. The van der Waals surface area contributed by atoms with E-state index in [1.807, 2.05) is 0 Å². The van der Waals surface area contributed by atoms with Gasteiger partial charge in [0.05, 0.1) is 6.61 Å². The van der Waals surface area contributed by atoms with Crippen molar-refractivity contribution >= 4 is 26.9 Å². The second kappa shape index (κ2) is 4.55. The fourth-order valence-corrected chi connectivity index (χ4v) is 0.761. The Morgan fingerprint density at radius 1 is 1.57 bits per heavy atom. The molecule has 0 heterocycles. The normalized spacial score (nSPS) is 10.0. The van der Waals surface area contributed by atoms with Crippen LogP contribution < -0.4 is 0 Å². The molecule has 0 aliphatic rings. The van der Waals surface area contributed by atoms with E-state index in [-0.39, 0.29) is 6.61 Å². The molecule has 0 fully saturated rings. The van der Waals surface area contributed by atoms with Gasteiger partial charge in [0, 0.05) is 5.33 Å². The average Bonchev–Trinajstić information content (AvgIpc) is 1.61. The van der Waals surface area contributed by atoms with Gasteiger partial charge in [0.15, 0.2) is 0 Å². The van der Waals surface area contributed by atoms with E-state index in [4.69, 9.17) is 0 Å². The van der Waals surface area contributed by atoms with E-state index < -0.39 is 11.0 Å². The molecule has 0 bridgehead atoms. The third kappa shape index (κ3) is 6.39. The number of alkyl halides is 1. The van der Waals surface area contributed by atoms with Crippen molar-refractivity contribution in [2.24, 2.45) is 0 Å². The zero-order valence-corrected chi connectivity index (χ0v) is 5.94. The van der Waals surface area contributed by atoms with Crippen LogP contribution in [0.5, 0.6) is 0 Å². The molecule has 0 saturated carbocycles. The molecule has 0 aromatic rings. The third-order valence-corrected chi connectivity index (χ3v) is 0.991. The standard InChI is InChI=1S/C2H5BrO3S/c3-1-2-6-7(4)5/h7H,1-2H2. The predicted molar refractivity (Wildman–Crippen MR) is 30.1 cm³/mol. The summed E-state index contributed by atoms with van der Waals surface area (Å²) in [6, 6.07) is 0. The number of hydrogen-bond donors (Lipinski definition) is 1. The summed E-state index contributed by atoms with van der Waals surface area (Å²) in [5.74, 6) is 0. The summed E-state index contributed by atoms with van der Waals surface area (Å²) in [6.45, 7) is 0.221. The summed E-state index contributed by atoms with van der Waals surface area (Å²) in [5.41, 5.74) is 0. The quantitative estimate of drug-likeness (QED) is 0.499. The molecule has 0 aliphatic heterocycles. The minimum absolute atomic E-state index is 0.221. The van der Waals surface area contributed by atoms with E-state index in [9.17, 15) is 8.42 Å². The number of halogens is 1. The smallest absolute Gasteiger partial charge is 0.257 e. The van der Waals surface area contributed by atoms with Crippen LogP contribution in [-0.2, 0) is 15.2 Å². The molecule has 0 saturated heterocycles. The van der Waals surface area contributed by atoms with Gasteiger partial charge >= 0.3 is 0 Å². The highest BCUT2D eigenvalue weighted by atomic mass is 79.9. The largest absolute Gasteiger partial charge is 0.271 e. The van der Waals surface area contributed by atoms with E-state index in [1.165, 1.54) is 0 Å². The Labute approximate surface area is 52.0 Å². The third-order valence-electron chi connectivity index (χ3n) is 0.274. The zero-order chi connectivity index (χ0) is 5.70. The summed E-state index contributed by atoms with van der Waals surface area (Å²) in [7, 11) is -2.64. The lowest BCUT2D eigenvalue weighted by Gasteiger charge is -1.83. The summed E-state index contributed by atoms with van der Waals surface area (Å²) < 4.78 is 23.2. The average molecular weight is 189 g/mol. The Kier molecular flexibility index (Phi) is 4.80. The van der Waals surface area contributed by atoms with Crippen molar-refractivity contribution in [3.63, 3.8) is 0 Å². The molecular formula is C2H5BrO3S. The van der Waals surface area contributed by atoms with E-state index in [0.29, 0.717) is 5.33 Å². The van der Waals surface area contributed by atoms with Crippen molar-refractivity contribution in [1.82, 2.24) is 0 Å². The zero-order valence-electron chi connectivity index (χ0n) is 3.46. The van der Waals surface area contributed by atoms with Gasteiger partial charge in [-0.15, -0.1) is 0 Å². The molecule has 0 rings (SSSR count). The van der Waals surface area contributed by atoms with Gasteiger partial charge in [0.25, 0.3) is 11.0 Å². The summed E-state index contributed by atoms with van der Waals surface area (Å²) in [4.78, 5) is 0. The molecule has 0 spiro atoms. The minimum atomic E-state index is -2.64. The van der Waals surface area contributed by atoms with Crippen LogP contribution in [0.2, 0.25) is 0 Å². The number of thiol groups is 1. The Balaban J connectivity index is 2.98. The van der Waals surface area contributed by atoms with E-state index in [1.54, 1.807) is 0 Å². The van der Waals surface area contributed by atoms with Crippen molar-refractivity contribution in [2.45, 2.75) is 0 Å². The fraction of sp³-hybridized carbons (Fsp3) is 1.00. The maximum absolute atomic E-state index is 9.55. The molecule has 0 unspecified atom stereocenters. The first-order valence-electron chi connectivity index (χ1n) is 1.60. The molecule has 5 heteroatoms. The maximum Gasteiger partial charge on any atom is 0.257 e. The van der Waals surface area contributed by atoms with Gasteiger partial charge in [-0.2, -0.15) is 0 Å². The molecule has 44 valence electrons. The first kappa shape index (κ1) is 7.39. The van der Waals surface area contributed by atoms with Crippen LogP contribution in [-0.4, -0.2) is 20.4 Å². The van der Waals surface area contributed by atoms with Crippen LogP contribution in [0, 0.1) is 0 Å². The number of rotatable bonds is 3. The second-order valence-electron chi connectivity index (χ2n) is 0.746. The monoisotopic (exact) mass is 188 g/mol. The van der Waals surface area contributed by atoms with Crippen LogP contribution >= 0.6 is 15.9 Å². The Morgan fingerprint density at radius 3 is 2.29 bits per heavy atom. The van der Waals surface area contributed by atoms with Crippen LogP contribution in [0.15, 0.2) is 0 Å². The highest BCUT2D eigenvalue weighted by Crippen LogP contribution is 1.79. The molecule has 0 aromatic heterocycles. The Hall–Kier alpha value is 0.390. The molecule has 0 aromatic carbocycles. The lowest BCUT2D eigenvalue weighted by atomic mass is 10.9. The summed E-state index contributed by atoms with van der Waals surface area (Å²) >= 11 is 2.99. The molecular weight excluding hydrogens is 184 g/mol. The van der Waals surface area contributed by atoms with Gasteiger partial charge in [0.1, 0.15) is 0 Å².